The Balaban J connectivity index is 2.63. The second-order valence-corrected chi connectivity index (χ2v) is 6.53. The highest BCUT2D eigenvalue weighted by Gasteiger charge is 2.21. The molecule has 4 N–H and O–H groups in total. The molecule has 0 saturated carbocycles. The Morgan fingerprint density at radius 3 is 2.48 bits per heavy atom. The fraction of sp³-hybridized carbons (Fsp3) is 0.444. The molecule has 1 rings (SSSR count). The lowest BCUT2D eigenvalue weighted by atomic mass is 9.97. The van der Waals surface area contributed by atoms with Crippen LogP contribution in [-0.4, -0.2) is 45.6 Å². The summed E-state index contributed by atoms with van der Waals surface area (Å²) in [4.78, 5) is 22.2. The van der Waals surface area contributed by atoms with E-state index in [1.165, 1.54) is 6.08 Å². The van der Waals surface area contributed by atoms with Gasteiger partial charge in [-0.1, -0.05) is 24.3 Å². The molecule has 0 radical (unpaired) electrons. The van der Waals surface area contributed by atoms with Crippen molar-refractivity contribution in [1.82, 2.24) is 5.32 Å². The van der Waals surface area contributed by atoms with E-state index in [1.807, 2.05) is 0 Å². The zero-order valence-electron chi connectivity index (χ0n) is 14.6. The molecule has 1 amide bonds. The number of aliphatic hydroxyl groups excluding tert-OH is 2. The van der Waals surface area contributed by atoms with Crippen LogP contribution in [-0.2, 0) is 9.53 Å². The van der Waals surface area contributed by atoms with Gasteiger partial charge in [0, 0.05) is 12.6 Å². The molecule has 0 aliphatic heterocycles. The Kier molecular flexibility index (Phi) is 7.60. The molecular formula is C18H25NO6. The van der Waals surface area contributed by atoms with Crippen molar-refractivity contribution in [2.24, 2.45) is 0 Å². The second kappa shape index (κ2) is 9.19. The average molecular weight is 351 g/mol. The number of rotatable bonds is 7. The van der Waals surface area contributed by atoms with E-state index >= 15 is 0 Å². The summed E-state index contributed by atoms with van der Waals surface area (Å²) in [5, 5.41) is 31.7. The summed E-state index contributed by atoms with van der Waals surface area (Å²) in [6.45, 7) is 5.35. The fourth-order valence-corrected chi connectivity index (χ4v) is 2.09. The third kappa shape index (κ3) is 7.82. The molecule has 7 nitrogen and oxygen atoms in total. The molecule has 2 unspecified atom stereocenters. The Labute approximate surface area is 146 Å². The Hall–Kier alpha value is -2.38. The summed E-state index contributed by atoms with van der Waals surface area (Å²) < 4.78 is 5.08. The van der Waals surface area contributed by atoms with E-state index in [-0.39, 0.29) is 13.0 Å². The van der Waals surface area contributed by atoms with E-state index in [4.69, 9.17) is 9.84 Å². The molecule has 2 atom stereocenters. The molecule has 7 heteroatoms. The first-order valence-electron chi connectivity index (χ1n) is 7.93. The number of nitrogens with one attached hydrogen (secondary N) is 1. The van der Waals surface area contributed by atoms with E-state index in [0.717, 1.165) is 6.08 Å². The maximum absolute atomic E-state index is 11.5. The molecule has 0 bridgehead atoms. The van der Waals surface area contributed by atoms with Crippen LogP contribution in [0.25, 0.3) is 6.08 Å². The van der Waals surface area contributed by atoms with Crippen LogP contribution in [0.5, 0.6) is 0 Å². The van der Waals surface area contributed by atoms with Crippen molar-refractivity contribution in [3.63, 3.8) is 0 Å². The number of hydrogen-bond donors (Lipinski definition) is 4. The minimum absolute atomic E-state index is 0.109. The lowest BCUT2D eigenvalue weighted by molar-refractivity contribution is -0.131. The molecule has 138 valence electrons. The van der Waals surface area contributed by atoms with Gasteiger partial charge in [-0.2, -0.15) is 0 Å². The van der Waals surface area contributed by atoms with Crippen molar-refractivity contribution in [1.29, 1.82) is 0 Å². The maximum atomic E-state index is 11.5. The standard InChI is InChI=1S/C18H25NO6/c1-18(2,3)25-17(24)19-11-10-14(20)16(23)13-7-5-4-6-12(13)8-9-15(21)22/h4-9,14,16,20,23H,10-11H2,1-3H3,(H,19,24)(H,21,22)/b9-8+. The summed E-state index contributed by atoms with van der Waals surface area (Å²) in [6, 6.07) is 6.64. The smallest absolute Gasteiger partial charge is 0.407 e. The first-order chi connectivity index (χ1) is 11.6. The lowest BCUT2D eigenvalue weighted by Crippen LogP contribution is -2.34. The molecule has 1 aromatic rings. The van der Waals surface area contributed by atoms with Gasteiger partial charge in [0.2, 0.25) is 0 Å². The van der Waals surface area contributed by atoms with Gasteiger partial charge in [-0.3, -0.25) is 0 Å². The van der Waals surface area contributed by atoms with Crippen LogP contribution in [0.3, 0.4) is 0 Å². The lowest BCUT2D eigenvalue weighted by Gasteiger charge is -2.22. The Morgan fingerprint density at radius 1 is 1.24 bits per heavy atom. The van der Waals surface area contributed by atoms with Crippen LogP contribution in [0, 0.1) is 0 Å². The number of carboxylic acid groups (broad SMARTS) is 1. The van der Waals surface area contributed by atoms with Crippen molar-refractivity contribution in [2.75, 3.05) is 6.54 Å². The van der Waals surface area contributed by atoms with E-state index in [1.54, 1.807) is 45.0 Å². The Bertz CT molecular complexity index is 620. The zero-order chi connectivity index (χ0) is 19.0. The maximum Gasteiger partial charge on any atom is 0.407 e. The summed E-state index contributed by atoms with van der Waals surface area (Å²) in [5.41, 5.74) is 0.291. The van der Waals surface area contributed by atoms with Gasteiger partial charge in [-0.25, -0.2) is 9.59 Å². The van der Waals surface area contributed by atoms with Crippen molar-refractivity contribution in [2.45, 2.75) is 45.0 Å². The van der Waals surface area contributed by atoms with E-state index in [2.05, 4.69) is 5.32 Å². The monoisotopic (exact) mass is 351 g/mol. The van der Waals surface area contributed by atoms with Crippen LogP contribution < -0.4 is 5.32 Å². The van der Waals surface area contributed by atoms with Gasteiger partial charge in [0.15, 0.2) is 0 Å². The average Bonchev–Trinajstić information content (AvgIpc) is 2.50. The number of carboxylic acids is 1. The SMILES string of the molecule is CC(C)(C)OC(=O)NCCC(O)C(O)c1ccccc1/C=C/C(=O)O. The summed E-state index contributed by atoms with van der Waals surface area (Å²) in [5.74, 6) is -1.11. The van der Waals surface area contributed by atoms with Crippen molar-refractivity contribution in [3.05, 3.63) is 41.5 Å². The van der Waals surface area contributed by atoms with Gasteiger partial charge in [0.1, 0.15) is 11.7 Å². The normalized spacial score (nSPS) is 14.1. The van der Waals surface area contributed by atoms with Crippen LogP contribution in [0.2, 0.25) is 0 Å². The minimum Gasteiger partial charge on any atom is -0.478 e. The molecule has 0 aliphatic rings. The van der Waals surface area contributed by atoms with Crippen molar-refractivity contribution in [3.8, 4) is 0 Å². The minimum atomic E-state index is -1.21. The molecule has 0 saturated heterocycles. The van der Waals surface area contributed by atoms with Gasteiger partial charge in [-0.15, -0.1) is 0 Å². The molecule has 0 aliphatic carbocycles. The van der Waals surface area contributed by atoms with E-state index in [0.29, 0.717) is 11.1 Å². The quantitative estimate of drug-likeness (QED) is 0.559. The molecule has 0 aromatic heterocycles. The van der Waals surface area contributed by atoms with Gasteiger partial charge in [0.05, 0.1) is 6.10 Å². The highest BCUT2D eigenvalue weighted by molar-refractivity contribution is 5.85. The van der Waals surface area contributed by atoms with Crippen molar-refractivity contribution >= 4 is 18.1 Å². The number of aliphatic carboxylic acids is 1. The first-order valence-corrected chi connectivity index (χ1v) is 7.93. The predicted octanol–water partition coefficient (Wildman–Crippen LogP) is 2.09. The molecule has 1 aromatic carbocycles. The number of carbonyl (C=O) groups excluding carboxylic acids is 1. The summed E-state index contributed by atoms with van der Waals surface area (Å²) in [6.07, 6.45) is -0.519. The van der Waals surface area contributed by atoms with Gasteiger partial charge in [-0.05, 0) is 44.4 Å². The number of ether oxygens (including phenoxy) is 1. The van der Waals surface area contributed by atoms with Crippen molar-refractivity contribution < 1.29 is 29.6 Å². The van der Waals surface area contributed by atoms with Gasteiger partial charge in [0.25, 0.3) is 0 Å². The van der Waals surface area contributed by atoms with Gasteiger partial charge >= 0.3 is 12.1 Å². The number of aliphatic hydroxyl groups is 2. The van der Waals surface area contributed by atoms with E-state index < -0.39 is 29.9 Å². The number of hydrogen-bond acceptors (Lipinski definition) is 5. The Morgan fingerprint density at radius 2 is 1.88 bits per heavy atom. The molecule has 0 fully saturated rings. The number of benzene rings is 1. The zero-order valence-corrected chi connectivity index (χ0v) is 14.6. The van der Waals surface area contributed by atoms with Crippen LogP contribution in [0.1, 0.15) is 44.4 Å². The predicted molar refractivity (Wildman–Crippen MR) is 92.9 cm³/mol. The van der Waals surface area contributed by atoms with Crippen LogP contribution >= 0.6 is 0 Å². The molecule has 0 spiro atoms. The molecular weight excluding hydrogens is 326 g/mol. The number of carbonyl (C=O) groups is 2. The third-order valence-electron chi connectivity index (χ3n) is 3.19. The first kappa shape index (κ1) is 20.7. The summed E-state index contributed by atoms with van der Waals surface area (Å²) in [7, 11) is 0. The highest BCUT2D eigenvalue weighted by atomic mass is 16.6. The topological polar surface area (TPSA) is 116 Å². The second-order valence-electron chi connectivity index (χ2n) is 6.53. The summed E-state index contributed by atoms with van der Waals surface area (Å²) >= 11 is 0. The van der Waals surface area contributed by atoms with Crippen LogP contribution in [0.15, 0.2) is 30.3 Å². The fourth-order valence-electron chi connectivity index (χ4n) is 2.09. The highest BCUT2D eigenvalue weighted by Crippen LogP contribution is 2.23. The number of amides is 1. The van der Waals surface area contributed by atoms with Gasteiger partial charge < -0.3 is 25.4 Å². The van der Waals surface area contributed by atoms with E-state index in [9.17, 15) is 19.8 Å². The third-order valence-corrected chi connectivity index (χ3v) is 3.19. The number of alkyl carbamates (subject to hydrolysis) is 1. The molecule has 0 heterocycles. The van der Waals surface area contributed by atoms with Crippen LogP contribution in [0.4, 0.5) is 4.79 Å². The molecule has 25 heavy (non-hydrogen) atoms. The largest absolute Gasteiger partial charge is 0.478 e.